The van der Waals surface area contributed by atoms with Gasteiger partial charge in [-0.1, -0.05) is 6.08 Å². The molecule has 3 rings (SSSR count). The third kappa shape index (κ3) is 6.34. The zero-order valence-corrected chi connectivity index (χ0v) is 19.9. The second-order valence-electron chi connectivity index (χ2n) is 7.05. The Morgan fingerprint density at radius 3 is 2.32 bits per heavy atom. The number of nitrogens with zero attached hydrogens (tertiary/aromatic N) is 6. The molecule has 1 fully saturated rings. The van der Waals surface area contributed by atoms with E-state index in [1.807, 2.05) is 18.5 Å². The second-order valence-corrected chi connectivity index (χ2v) is 7.05. The average molecular weight is 549 g/mol. The summed E-state index contributed by atoms with van der Waals surface area (Å²) < 4.78 is 40.2. The van der Waals surface area contributed by atoms with Gasteiger partial charge in [-0.2, -0.15) is 13.2 Å². The molecule has 1 N–H and O–H groups in total. The molecule has 0 atom stereocenters. The Bertz CT molecular complexity index is 885. The van der Waals surface area contributed by atoms with Crippen molar-refractivity contribution >= 4 is 35.6 Å². The fraction of sp³-hybridized carbons (Fsp3) is 0.450. The van der Waals surface area contributed by atoms with Crippen molar-refractivity contribution < 1.29 is 13.2 Å². The first-order chi connectivity index (χ1) is 14.3. The molecule has 0 aliphatic carbocycles. The maximum atomic E-state index is 12.8. The second kappa shape index (κ2) is 10.8. The van der Waals surface area contributed by atoms with Gasteiger partial charge in [-0.05, 0) is 31.2 Å². The topological polar surface area (TPSA) is 61.6 Å². The Hall–Kier alpha value is -2.31. The van der Waals surface area contributed by atoms with Gasteiger partial charge in [0.25, 0.3) is 0 Å². The number of aryl methyl sites for hydroxylation is 1. The normalized spacial score (nSPS) is 14.9. The number of alkyl halides is 3. The van der Waals surface area contributed by atoms with Crippen LogP contribution in [0.4, 0.5) is 18.9 Å². The van der Waals surface area contributed by atoms with Crippen molar-refractivity contribution in [3.05, 3.63) is 54.1 Å². The van der Waals surface area contributed by atoms with Crippen LogP contribution in [0.1, 0.15) is 17.2 Å². The molecule has 2 heterocycles. The molecule has 0 unspecified atom stereocenters. The lowest BCUT2D eigenvalue weighted by Crippen LogP contribution is -2.52. The van der Waals surface area contributed by atoms with Gasteiger partial charge in [-0.15, -0.1) is 40.8 Å². The van der Waals surface area contributed by atoms with Crippen molar-refractivity contribution in [2.45, 2.75) is 19.6 Å². The summed E-state index contributed by atoms with van der Waals surface area (Å²) in [4.78, 5) is 8.89. The number of rotatable bonds is 5. The fourth-order valence-electron chi connectivity index (χ4n) is 3.20. The number of hydrogen-bond acceptors (Lipinski definition) is 4. The van der Waals surface area contributed by atoms with Crippen LogP contribution >= 0.6 is 24.0 Å². The lowest BCUT2D eigenvalue weighted by molar-refractivity contribution is -0.137. The Morgan fingerprint density at radius 1 is 1.16 bits per heavy atom. The van der Waals surface area contributed by atoms with E-state index < -0.39 is 11.7 Å². The van der Waals surface area contributed by atoms with Gasteiger partial charge in [-0.3, -0.25) is 0 Å². The lowest BCUT2D eigenvalue weighted by atomic mass is 10.1. The third-order valence-corrected chi connectivity index (χ3v) is 5.10. The first-order valence-corrected chi connectivity index (χ1v) is 9.71. The summed E-state index contributed by atoms with van der Waals surface area (Å²) in [6.45, 7) is 9.36. The molecule has 1 aliphatic heterocycles. The molecule has 0 radical (unpaired) electrons. The molecule has 1 aromatic heterocycles. The van der Waals surface area contributed by atoms with Crippen LogP contribution in [-0.4, -0.2) is 58.3 Å². The molecule has 1 aromatic carbocycles. The quantitative estimate of drug-likeness (QED) is 0.269. The molecular formula is C20H27F3IN7. The predicted molar refractivity (Wildman–Crippen MR) is 126 cm³/mol. The largest absolute Gasteiger partial charge is 0.416 e. The Morgan fingerprint density at radius 2 is 1.81 bits per heavy atom. The summed E-state index contributed by atoms with van der Waals surface area (Å²) >= 11 is 0. The van der Waals surface area contributed by atoms with Crippen LogP contribution in [0, 0.1) is 6.92 Å². The highest BCUT2D eigenvalue weighted by atomic mass is 127. The molecule has 1 saturated heterocycles. The molecule has 0 spiro atoms. The van der Waals surface area contributed by atoms with Crippen LogP contribution in [0.5, 0.6) is 0 Å². The number of anilines is 1. The van der Waals surface area contributed by atoms with Gasteiger partial charge in [0.05, 0.1) is 5.56 Å². The van der Waals surface area contributed by atoms with Gasteiger partial charge in [-0.25, -0.2) is 4.99 Å². The summed E-state index contributed by atoms with van der Waals surface area (Å²) in [5.41, 5.74) is 0.154. The monoisotopic (exact) mass is 549 g/mol. The van der Waals surface area contributed by atoms with Crippen LogP contribution in [0.15, 0.2) is 41.9 Å². The zero-order chi connectivity index (χ0) is 21.7. The van der Waals surface area contributed by atoms with E-state index in [-0.39, 0.29) is 24.0 Å². The van der Waals surface area contributed by atoms with E-state index in [4.69, 9.17) is 0 Å². The summed E-state index contributed by atoms with van der Waals surface area (Å²) in [6.07, 6.45) is -2.55. The van der Waals surface area contributed by atoms with Gasteiger partial charge < -0.3 is 19.7 Å². The molecule has 11 heteroatoms. The van der Waals surface area contributed by atoms with E-state index in [1.165, 1.54) is 12.1 Å². The first-order valence-electron chi connectivity index (χ1n) is 9.71. The van der Waals surface area contributed by atoms with Crippen molar-refractivity contribution in [3.63, 3.8) is 0 Å². The van der Waals surface area contributed by atoms with E-state index in [9.17, 15) is 13.2 Å². The minimum atomic E-state index is -4.32. The van der Waals surface area contributed by atoms with Crippen LogP contribution in [-0.2, 0) is 19.8 Å². The summed E-state index contributed by atoms with van der Waals surface area (Å²) in [5.74, 6) is 2.35. The SMILES string of the molecule is C=CCNC(=NCc1nnc(C)n1C)N1CCN(c2ccc(C(F)(F)F)cc2)CC1.I. The number of halogens is 4. The van der Waals surface area contributed by atoms with Crippen molar-refractivity contribution in [2.75, 3.05) is 37.6 Å². The van der Waals surface area contributed by atoms with Crippen LogP contribution in [0.3, 0.4) is 0 Å². The van der Waals surface area contributed by atoms with E-state index >= 15 is 0 Å². The molecular weight excluding hydrogens is 522 g/mol. The fourth-order valence-corrected chi connectivity index (χ4v) is 3.20. The Labute approximate surface area is 197 Å². The number of nitrogens with one attached hydrogen (secondary N) is 1. The van der Waals surface area contributed by atoms with Crippen molar-refractivity contribution in [1.82, 2.24) is 25.0 Å². The van der Waals surface area contributed by atoms with Gasteiger partial charge in [0.1, 0.15) is 12.4 Å². The zero-order valence-electron chi connectivity index (χ0n) is 17.6. The highest BCUT2D eigenvalue weighted by Gasteiger charge is 2.30. The van der Waals surface area contributed by atoms with E-state index in [1.54, 1.807) is 6.08 Å². The molecule has 0 amide bonds. The van der Waals surface area contributed by atoms with E-state index in [0.717, 1.165) is 35.4 Å². The average Bonchev–Trinajstić information content (AvgIpc) is 3.06. The third-order valence-electron chi connectivity index (χ3n) is 5.10. The predicted octanol–water partition coefficient (Wildman–Crippen LogP) is 3.21. The van der Waals surface area contributed by atoms with E-state index in [2.05, 4.69) is 36.9 Å². The standard InChI is InChI=1S/C20H26F3N7.HI/c1-4-9-24-19(25-14-18-27-26-15(2)28(18)3)30-12-10-29(11-13-30)17-7-5-16(6-8-17)20(21,22)23;/h4-8H,1,9-14H2,2-3H3,(H,24,25);1H. The minimum Gasteiger partial charge on any atom is -0.368 e. The van der Waals surface area contributed by atoms with Gasteiger partial charge in [0, 0.05) is 45.5 Å². The number of piperazine rings is 1. The molecule has 2 aromatic rings. The molecule has 170 valence electrons. The van der Waals surface area contributed by atoms with Crippen LogP contribution < -0.4 is 10.2 Å². The molecule has 0 bridgehead atoms. The van der Waals surface area contributed by atoms with Crippen LogP contribution in [0.25, 0.3) is 0 Å². The van der Waals surface area contributed by atoms with Gasteiger partial charge in [0.2, 0.25) is 0 Å². The first kappa shape index (κ1) is 25.0. The van der Waals surface area contributed by atoms with Gasteiger partial charge >= 0.3 is 6.18 Å². The smallest absolute Gasteiger partial charge is 0.368 e. The van der Waals surface area contributed by atoms with Crippen molar-refractivity contribution in [1.29, 1.82) is 0 Å². The minimum absolute atomic E-state index is 0. The molecule has 31 heavy (non-hydrogen) atoms. The van der Waals surface area contributed by atoms with Crippen molar-refractivity contribution in [3.8, 4) is 0 Å². The number of aliphatic imine (C=N–C) groups is 1. The maximum absolute atomic E-state index is 12.8. The number of hydrogen-bond donors (Lipinski definition) is 1. The van der Waals surface area contributed by atoms with Crippen LogP contribution in [0.2, 0.25) is 0 Å². The number of aromatic nitrogens is 3. The van der Waals surface area contributed by atoms with Crippen molar-refractivity contribution in [2.24, 2.45) is 12.0 Å². The highest BCUT2D eigenvalue weighted by molar-refractivity contribution is 14.0. The summed E-state index contributed by atoms with van der Waals surface area (Å²) in [7, 11) is 1.90. The highest BCUT2D eigenvalue weighted by Crippen LogP contribution is 2.30. The maximum Gasteiger partial charge on any atom is 0.416 e. The Kier molecular flexibility index (Phi) is 8.71. The molecule has 0 saturated carbocycles. The number of benzene rings is 1. The summed E-state index contributed by atoms with van der Waals surface area (Å²) in [6, 6.07) is 5.31. The number of guanidine groups is 1. The van der Waals surface area contributed by atoms with Gasteiger partial charge in [0.15, 0.2) is 11.8 Å². The summed E-state index contributed by atoms with van der Waals surface area (Å²) in [5, 5.41) is 11.5. The Balaban J connectivity index is 0.00000341. The lowest BCUT2D eigenvalue weighted by Gasteiger charge is -2.37. The van der Waals surface area contributed by atoms with E-state index in [0.29, 0.717) is 39.3 Å². The molecule has 7 nitrogen and oxygen atoms in total. The molecule has 1 aliphatic rings.